The van der Waals surface area contributed by atoms with Gasteiger partial charge in [0.05, 0.1) is 5.92 Å². The summed E-state index contributed by atoms with van der Waals surface area (Å²) in [5.74, 6) is -0.806. The van der Waals surface area contributed by atoms with Crippen LogP contribution in [0.5, 0.6) is 0 Å². The van der Waals surface area contributed by atoms with Crippen LogP contribution in [0.25, 0.3) is 0 Å². The van der Waals surface area contributed by atoms with Gasteiger partial charge in [0.25, 0.3) is 0 Å². The highest BCUT2D eigenvalue weighted by atomic mass is 79.9. The van der Waals surface area contributed by atoms with E-state index in [2.05, 4.69) is 15.9 Å². The van der Waals surface area contributed by atoms with Crippen LogP contribution in [0, 0.1) is 5.92 Å². The quantitative estimate of drug-likeness (QED) is 0.837. The molecule has 1 aromatic carbocycles. The van der Waals surface area contributed by atoms with E-state index in [1.165, 1.54) is 11.1 Å². The predicted molar refractivity (Wildman–Crippen MR) is 57.4 cm³/mol. The van der Waals surface area contributed by atoms with Gasteiger partial charge in [-0.2, -0.15) is 0 Å². The standard InChI is InChI=1S/C11H11BrO2/c1-6-9-3-2-8(12)4-7(9)5-10(6)11(13)14/h2-4,6,10H,5H2,1H3,(H,13,14). The number of aliphatic carboxylic acids is 1. The number of carboxylic acids is 1. The van der Waals surface area contributed by atoms with E-state index in [1.54, 1.807) is 0 Å². The Morgan fingerprint density at radius 2 is 2.29 bits per heavy atom. The summed E-state index contributed by atoms with van der Waals surface area (Å²) >= 11 is 3.39. The lowest BCUT2D eigenvalue weighted by Crippen LogP contribution is -2.16. The Hall–Kier alpha value is -0.830. The zero-order valence-electron chi connectivity index (χ0n) is 7.83. The monoisotopic (exact) mass is 254 g/mol. The fourth-order valence-corrected chi connectivity index (χ4v) is 2.54. The van der Waals surface area contributed by atoms with Gasteiger partial charge in [0, 0.05) is 4.47 Å². The summed E-state index contributed by atoms with van der Waals surface area (Å²) in [6.07, 6.45) is 0.658. The molecule has 0 radical (unpaired) electrons. The molecule has 0 saturated carbocycles. The molecule has 0 bridgehead atoms. The lowest BCUT2D eigenvalue weighted by Gasteiger charge is -2.09. The van der Waals surface area contributed by atoms with Crippen LogP contribution in [-0.2, 0) is 11.2 Å². The topological polar surface area (TPSA) is 37.3 Å². The van der Waals surface area contributed by atoms with Crippen molar-refractivity contribution in [2.75, 3.05) is 0 Å². The molecule has 2 rings (SSSR count). The lowest BCUT2D eigenvalue weighted by atomic mass is 9.95. The summed E-state index contributed by atoms with van der Waals surface area (Å²) in [6.45, 7) is 1.98. The second-order valence-corrected chi connectivity index (χ2v) is 4.70. The van der Waals surface area contributed by atoms with Crippen molar-refractivity contribution in [3.05, 3.63) is 33.8 Å². The number of carbonyl (C=O) groups is 1. The first-order valence-corrected chi connectivity index (χ1v) is 5.40. The highest BCUT2D eigenvalue weighted by Crippen LogP contribution is 2.38. The molecular weight excluding hydrogens is 244 g/mol. The average Bonchev–Trinajstić information content (AvgIpc) is 2.43. The van der Waals surface area contributed by atoms with E-state index in [4.69, 9.17) is 5.11 Å². The number of hydrogen-bond acceptors (Lipinski definition) is 1. The molecule has 0 aliphatic heterocycles. The van der Waals surface area contributed by atoms with Crippen molar-refractivity contribution in [3.8, 4) is 0 Å². The van der Waals surface area contributed by atoms with Crippen molar-refractivity contribution in [2.45, 2.75) is 19.3 Å². The van der Waals surface area contributed by atoms with Crippen LogP contribution < -0.4 is 0 Å². The van der Waals surface area contributed by atoms with Crippen LogP contribution in [-0.4, -0.2) is 11.1 Å². The molecule has 14 heavy (non-hydrogen) atoms. The van der Waals surface area contributed by atoms with Gasteiger partial charge in [-0.1, -0.05) is 28.9 Å². The molecule has 3 heteroatoms. The zero-order valence-corrected chi connectivity index (χ0v) is 9.41. The minimum absolute atomic E-state index is 0.135. The minimum atomic E-state index is -0.690. The second kappa shape index (κ2) is 3.39. The van der Waals surface area contributed by atoms with Crippen LogP contribution in [0.3, 0.4) is 0 Å². The molecule has 0 aromatic heterocycles. The van der Waals surface area contributed by atoms with Gasteiger partial charge in [-0.3, -0.25) is 4.79 Å². The zero-order chi connectivity index (χ0) is 10.3. The van der Waals surface area contributed by atoms with E-state index in [-0.39, 0.29) is 11.8 Å². The molecule has 74 valence electrons. The van der Waals surface area contributed by atoms with Gasteiger partial charge in [-0.05, 0) is 35.6 Å². The second-order valence-electron chi connectivity index (χ2n) is 3.78. The maximum Gasteiger partial charge on any atom is 0.307 e. The Bertz CT molecular complexity index is 387. The van der Waals surface area contributed by atoms with Gasteiger partial charge in [-0.25, -0.2) is 0 Å². The molecule has 1 N–H and O–H groups in total. The number of hydrogen-bond donors (Lipinski definition) is 1. The summed E-state index contributed by atoms with van der Waals surface area (Å²) in [4.78, 5) is 11.0. The van der Waals surface area contributed by atoms with E-state index in [0.717, 1.165) is 4.47 Å². The molecule has 1 aromatic rings. The average molecular weight is 255 g/mol. The first-order valence-electron chi connectivity index (χ1n) is 4.60. The van der Waals surface area contributed by atoms with Gasteiger partial charge in [0.1, 0.15) is 0 Å². The largest absolute Gasteiger partial charge is 0.481 e. The predicted octanol–water partition coefficient (Wildman–Crippen LogP) is 2.81. The van der Waals surface area contributed by atoms with Crippen LogP contribution in [0.2, 0.25) is 0 Å². The summed E-state index contributed by atoms with van der Waals surface area (Å²) in [6, 6.07) is 6.02. The fraction of sp³-hybridized carbons (Fsp3) is 0.364. The molecule has 0 fully saturated rings. The van der Waals surface area contributed by atoms with E-state index < -0.39 is 5.97 Å². The van der Waals surface area contributed by atoms with Crippen LogP contribution in [0.4, 0.5) is 0 Å². The third-order valence-corrected chi connectivity index (χ3v) is 3.45. The van der Waals surface area contributed by atoms with E-state index >= 15 is 0 Å². The number of rotatable bonds is 1. The molecule has 2 atom stereocenters. The molecule has 0 saturated heterocycles. The molecule has 1 aliphatic carbocycles. The Kier molecular flexibility index (Phi) is 2.35. The highest BCUT2D eigenvalue weighted by Gasteiger charge is 2.33. The number of carboxylic acid groups (broad SMARTS) is 1. The van der Waals surface area contributed by atoms with Crippen molar-refractivity contribution in [1.82, 2.24) is 0 Å². The molecule has 0 heterocycles. The van der Waals surface area contributed by atoms with Gasteiger partial charge < -0.3 is 5.11 Å². The third-order valence-electron chi connectivity index (χ3n) is 2.96. The van der Waals surface area contributed by atoms with Crippen molar-refractivity contribution >= 4 is 21.9 Å². The van der Waals surface area contributed by atoms with E-state index in [0.29, 0.717) is 6.42 Å². The number of halogens is 1. The molecule has 0 amide bonds. The fourth-order valence-electron chi connectivity index (χ4n) is 2.13. The normalized spacial score (nSPS) is 24.7. The molecule has 2 nitrogen and oxygen atoms in total. The van der Waals surface area contributed by atoms with Gasteiger partial charge in [0.2, 0.25) is 0 Å². The third kappa shape index (κ3) is 1.46. The summed E-state index contributed by atoms with van der Waals surface area (Å²) in [7, 11) is 0. The maximum atomic E-state index is 11.0. The number of benzene rings is 1. The first kappa shape index (κ1) is 9.71. The molecule has 2 unspecified atom stereocenters. The number of fused-ring (bicyclic) bond motifs is 1. The maximum absolute atomic E-state index is 11.0. The Morgan fingerprint density at radius 1 is 1.57 bits per heavy atom. The van der Waals surface area contributed by atoms with Gasteiger partial charge >= 0.3 is 5.97 Å². The summed E-state index contributed by atoms with van der Waals surface area (Å²) in [5.41, 5.74) is 2.35. The molecule has 1 aliphatic rings. The van der Waals surface area contributed by atoms with E-state index in [9.17, 15) is 4.79 Å². The van der Waals surface area contributed by atoms with Gasteiger partial charge in [0.15, 0.2) is 0 Å². The van der Waals surface area contributed by atoms with Crippen LogP contribution >= 0.6 is 15.9 Å². The summed E-state index contributed by atoms with van der Waals surface area (Å²) in [5, 5.41) is 9.01. The van der Waals surface area contributed by atoms with Crippen LogP contribution in [0.15, 0.2) is 22.7 Å². The van der Waals surface area contributed by atoms with Crippen LogP contribution in [0.1, 0.15) is 24.0 Å². The Labute approximate surface area is 91.1 Å². The van der Waals surface area contributed by atoms with Crippen molar-refractivity contribution in [3.63, 3.8) is 0 Å². The van der Waals surface area contributed by atoms with E-state index in [1.807, 2.05) is 25.1 Å². The highest BCUT2D eigenvalue weighted by molar-refractivity contribution is 9.10. The Balaban J connectivity index is 2.40. The SMILES string of the molecule is CC1c2ccc(Br)cc2CC1C(=O)O. The van der Waals surface area contributed by atoms with Crippen molar-refractivity contribution in [2.24, 2.45) is 5.92 Å². The van der Waals surface area contributed by atoms with Gasteiger partial charge in [-0.15, -0.1) is 0 Å². The molecular formula is C11H11BrO2. The Morgan fingerprint density at radius 3 is 2.93 bits per heavy atom. The van der Waals surface area contributed by atoms with Crippen molar-refractivity contribution < 1.29 is 9.90 Å². The van der Waals surface area contributed by atoms with Crippen molar-refractivity contribution in [1.29, 1.82) is 0 Å². The summed E-state index contributed by atoms with van der Waals surface area (Å²) < 4.78 is 1.02. The minimum Gasteiger partial charge on any atom is -0.481 e. The smallest absolute Gasteiger partial charge is 0.307 e. The molecule has 0 spiro atoms. The first-order chi connectivity index (χ1) is 6.59. The lowest BCUT2D eigenvalue weighted by molar-refractivity contribution is -0.142.